The molecule has 0 fully saturated rings. The average Bonchev–Trinajstić information content (AvgIpc) is 3.31. The minimum atomic E-state index is 0.0454. The number of fused-ring (bicyclic) bond motifs is 3. The van der Waals surface area contributed by atoms with E-state index < -0.39 is 0 Å². The molecule has 0 amide bonds. The molecule has 2 aliphatic rings. The maximum absolute atomic E-state index is 6.60. The molecule has 0 spiro atoms. The largest absolute Gasteiger partial charge is 0.493 e. The van der Waals surface area contributed by atoms with Gasteiger partial charge >= 0.3 is 0 Å². The van der Waals surface area contributed by atoms with Gasteiger partial charge in [-0.1, -0.05) is 65.2 Å². The van der Waals surface area contributed by atoms with E-state index in [2.05, 4.69) is 45.5 Å². The zero-order chi connectivity index (χ0) is 23.1. The van der Waals surface area contributed by atoms with E-state index in [1.165, 1.54) is 5.56 Å². The van der Waals surface area contributed by atoms with E-state index in [4.69, 9.17) is 44.3 Å². The maximum atomic E-state index is 6.60. The van der Waals surface area contributed by atoms with Crippen molar-refractivity contribution >= 4 is 56.4 Å². The van der Waals surface area contributed by atoms with Gasteiger partial charge in [-0.3, -0.25) is 0 Å². The van der Waals surface area contributed by atoms with E-state index in [1.54, 1.807) is 7.11 Å². The SMILES string of the molecule is COc1cc([C@@H]2Nc3c(ccc(Cl)c3Cl)[C@@H]3C=CC[C@@H]32)cc(Br)c1OCc1ccc(Cl)cc1. The highest BCUT2D eigenvalue weighted by atomic mass is 79.9. The maximum Gasteiger partial charge on any atom is 0.175 e. The molecule has 0 bridgehead atoms. The fraction of sp³-hybridized carbons (Fsp3) is 0.231. The van der Waals surface area contributed by atoms with Crippen LogP contribution in [0.2, 0.25) is 15.1 Å². The van der Waals surface area contributed by atoms with Crippen LogP contribution >= 0.6 is 50.7 Å². The first-order valence-corrected chi connectivity index (χ1v) is 12.5. The molecule has 7 heteroatoms. The van der Waals surface area contributed by atoms with Crippen molar-refractivity contribution in [1.82, 2.24) is 0 Å². The molecule has 3 atom stereocenters. The zero-order valence-electron chi connectivity index (χ0n) is 17.7. The summed E-state index contributed by atoms with van der Waals surface area (Å²) >= 11 is 22.6. The van der Waals surface area contributed by atoms with Crippen molar-refractivity contribution in [3.63, 3.8) is 0 Å². The van der Waals surface area contributed by atoms with Crippen molar-refractivity contribution in [2.24, 2.45) is 5.92 Å². The topological polar surface area (TPSA) is 30.5 Å². The fourth-order valence-electron chi connectivity index (χ4n) is 4.73. The Kier molecular flexibility index (Phi) is 6.54. The summed E-state index contributed by atoms with van der Waals surface area (Å²) in [6.07, 6.45) is 5.51. The fourth-order valence-corrected chi connectivity index (χ4v) is 5.81. The molecule has 33 heavy (non-hydrogen) atoms. The third kappa shape index (κ3) is 4.35. The van der Waals surface area contributed by atoms with Crippen LogP contribution in [0, 0.1) is 5.92 Å². The van der Waals surface area contributed by atoms with Crippen molar-refractivity contribution < 1.29 is 9.47 Å². The van der Waals surface area contributed by atoms with Crippen LogP contribution in [0.5, 0.6) is 11.5 Å². The van der Waals surface area contributed by atoms with Crippen LogP contribution in [0.1, 0.15) is 35.1 Å². The molecule has 0 unspecified atom stereocenters. The molecule has 1 aliphatic carbocycles. The number of methoxy groups -OCH3 is 1. The van der Waals surface area contributed by atoms with E-state index in [0.717, 1.165) is 27.7 Å². The predicted molar refractivity (Wildman–Crippen MR) is 139 cm³/mol. The lowest BCUT2D eigenvalue weighted by Crippen LogP contribution is -2.29. The molecular weight excluding hydrogens is 545 g/mol. The second kappa shape index (κ2) is 9.42. The smallest absolute Gasteiger partial charge is 0.175 e. The lowest BCUT2D eigenvalue weighted by molar-refractivity contribution is 0.282. The van der Waals surface area contributed by atoms with Crippen LogP contribution in [0.15, 0.2) is 65.2 Å². The summed E-state index contributed by atoms with van der Waals surface area (Å²) in [7, 11) is 1.65. The van der Waals surface area contributed by atoms with Crippen LogP contribution in [0.3, 0.4) is 0 Å². The monoisotopic (exact) mass is 563 g/mol. The summed E-state index contributed by atoms with van der Waals surface area (Å²) in [4.78, 5) is 0. The lowest BCUT2D eigenvalue weighted by atomic mass is 9.77. The van der Waals surface area contributed by atoms with Gasteiger partial charge in [-0.15, -0.1) is 0 Å². The quantitative estimate of drug-likeness (QED) is 0.314. The molecule has 1 heterocycles. The Morgan fingerprint density at radius 2 is 1.85 bits per heavy atom. The Balaban J connectivity index is 1.47. The average molecular weight is 566 g/mol. The summed E-state index contributed by atoms with van der Waals surface area (Å²) in [6.45, 7) is 0.406. The molecule has 3 nitrogen and oxygen atoms in total. The Labute approximate surface area is 216 Å². The summed E-state index contributed by atoms with van der Waals surface area (Å²) in [5.74, 6) is 1.98. The van der Waals surface area contributed by atoms with Crippen LogP contribution in [-0.4, -0.2) is 7.11 Å². The second-order valence-corrected chi connectivity index (χ2v) is 10.3. The molecule has 5 rings (SSSR count). The number of benzene rings is 3. The number of hydrogen-bond acceptors (Lipinski definition) is 3. The van der Waals surface area contributed by atoms with Gasteiger partial charge in [0.15, 0.2) is 11.5 Å². The highest BCUT2D eigenvalue weighted by molar-refractivity contribution is 9.10. The third-order valence-corrected chi connectivity index (χ3v) is 7.98. The van der Waals surface area contributed by atoms with Crippen molar-refractivity contribution in [3.05, 3.63) is 96.9 Å². The van der Waals surface area contributed by atoms with Gasteiger partial charge in [0.25, 0.3) is 0 Å². The number of rotatable bonds is 5. The Bertz CT molecular complexity index is 1230. The zero-order valence-corrected chi connectivity index (χ0v) is 21.6. The normalized spacial score (nSPS) is 20.7. The number of halogens is 4. The highest BCUT2D eigenvalue weighted by Crippen LogP contribution is 2.53. The van der Waals surface area contributed by atoms with E-state index in [0.29, 0.717) is 39.1 Å². The van der Waals surface area contributed by atoms with Gasteiger partial charge in [0.1, 0.15) is 6.61 Å². The van der Waals surface area contributed by atoms with Gasteiger partial charge in [-0.05, 0) is 75.3 Å². The lowest BCUT2D eigenvalue weighted by Gasteiger charge is -2.38. The van der Waals surface area contributed by atoms with Crippen LogP contribution in [0.25, 0.3) is 0 Å². The number of nitrogens with one attached hydrogen (secondary N) is 1. The van der Waals surface area contributed by atoms with Gasteiger partial charge in [-0.2, -0.15) is 0 Å². The van der Waals surface area contributed by atoms with E-state index in [-0.39, 0.29) is 12.0 Å². The molecule has 170 valence electrons. The van der Waals surface area contributed by atoms with Crippen molar-refractivity contribution in [3.8, 4) is 11.5 Å². The third-order valence-electron chi connectivity index (χ3n) is 6.33. The van der Waals surface area contributed by atoms with Crippen LogP contribution < -0.4 is 14.8 Å². The number of hydrogen-bond donors (Lipinski definition) is 1. The van der Waals surface area contributed by atoms with Gasteiger partial charge in [0.05, 0.1) is 33.4 Å². The Hall–Kier alpha value is -1.85. The molecule has 0 aromatic heterocycles. The summed E-state index contributed by atoms with van der Waals surface area (Å²) in [5, 5.41) is 5.48. The highest BCUT2D eigenvalue weighted by Gasteiger charge is 2.39. The summed E-state index contributed by atoms with van der Waals surface area (Å²) < 4.78 is 12.7. The summed E-state index contributed by atoms with van der Waals surface area (Å²) in [5.41, 5.74) is 4.21. The first-order chi connectivity index (χ1) is 16.0. The van der Waals surface area contributed by atoms with Gasteiger partial charge < -0.3 is 14.8 Å². The molecule has 1 N–H and O–H groups in total. The Morgan fingerprint density at radius 3 is 2.61 bits per heavy atom. The van der Waals surface area contributed by atoms with Gasteiger partial charge in [0, 0.05) is 10.9 Å². The van der Waals surface area contributed by atoms with Crippen LogP contribution in [-0.2, 0) is 6.61 Å². The van der Waals surface area contributed by atoms with Gasteiger partial charge in [-0.25, -0.2) is 0 Å². The number of ether oxygens (including phenoxy) is 2. The molecule has 0 saturated heterocycles. The Morgan fingerprint density at radius 1 is 1.06 bits per heavy atom. The molecule has 3 aromatic rings. The number of allylic oxidation sites excluding steroid dienone is 2. The van der Waals surface area contributed by atoms with E-state index in [9.17, 15) is 0 Å². The minimum Gasteiger partial charge on any atom is -0.493 e. The predicted octanol–water partition coefficient (Wildman–Crippen LogP) is 8.82. The minimum absolute atomic E-state index is 0.0454. The molecule has 3 aromatic carbocycles. The molecule has 1 aliphatic heterocycles. The second-order valence-electron chi connectivity index (χ2n) is 8.25. The standard InChI is InChI=1S/C26H21BrCl3NO2/c1-32-22-12-15(11-20(27)26(22)33-13-14-5-7-16(28)8-6-14)24-18-4-2-3-17(18)19-9-10-21(29)23(30)25(19)31-24/h2-3,5-12,17-18,24,31H,4,13H2,1H3/t17-,18+,24+/m1/s1. The molecule has 0 radical (unpaired) electrons. The van der Waals surface area contributed by atoms with E-state index in [1.807, 2.05) is 36.4 Å². The number of anilines is 1. The van der Waals surface area contributed by atoms with Crippen LogP contribution in [0.4, 0.5) is 5.69 Å². The summed E-state index contributed by atoms with van der Waals surface area (Å²) in [6, 6.07) is 15.7. The van der Waals surface area contributed by atoms with E-state index >= 15 is 0 Å². The first-order valence-electron chi connectivity index (χ1n) is 10.6. The van der Waals surface area contributed by atoms with Crippen molar-refractivity contribution in [2.75, 3.05) is 12.4 Å². The van der Waals surface area contributed by atoms with Crippen molar-refractivity contribution in [2.45, 2.75) is 25.0 Å². The molecular formula is C26H21BrCl3NO2. The van der Waals surface area contributed by atoms with Crippen molar-refractivity contribution in [1.29, 1.82) is 0 Å². The first kappa shape index (κ1) is 22.9. The van der Waals surface area contributed by atoms with Gasteiger partial charge in [0.2, 0.25) is 0 Å². The molecule has 0 saturated carbocycles.